The topological polar surface area (TPSA) is 229 Å². The number of rotatable bonds is 20. The first kappa shape index (κ1) is 36.1. The molecule has 0 aromatic carbocycles. The summed E-state index contributed by atoms with van der Waals surface area (Å²) in [6, 6.07) is -5.15. The number of aliphatic carboxylic acids is 2. The molecule has 1 saturated heterocycles. The predicted molar refractivity (Wildman–Crippen MR) is 154 cm³/mol. The van der Waals surface area contributed by atoms with Crippen LogP contribution in [0.25, 0.3) is 0 Å². The maximum absolute atomic E-state index is 13.4. The van der Waals surface area contributed by atoms with Gasteiger partial charge in [0.2, 0.25) is 23.6 Å². The summed E-state index contributed by atoms with van der Waals surface area (Å²) in [7, 11) is 0. The zero-order chi connectivity index (χ0) is 30.9. The Hall–Kier alpha value is -2.91. The van der Waals surface area contributed by atoms with Gasteiger partial charge in [0.1, 0.15) is 24.2 Å². The monoisotopic (exact) mass is 602 g/mol. The molecule has 4 amide bonds. The van der Waals surface area contributed by atoms with Crippen molar-refractivity contribution >= 4 is 47.3 Å². The number of carboxylic acid groups (broad SMARTS) is 2. The fourth-order valence-corrected chi connectivity index (χ4v) is 4.81. The van der Waals surface area contributed by atoms with Crippen LogP contribution in [-0.2, 0) is 28.8 Å². The third-order valence-corrected chi connectivity index (χ3v) is 7.18. The van der Waals surface area contributed by atoms with Crippen LogP contribution in [-0.4, -0.2) is 101 Å². The molecular formula is C26H46N6O8S. The normalized spacial score (nSPS) is 17.6. The molecule has 0 saturated carbocycles. The van der Waals surface area contributed by atoms with Crippen LogP contribution in [0.4, 0.5) is 0 Å². The lowest BCUT2D eigenvalue weighted by molar-refractivity contribution is -0.147. The summed E-state index contributed by atoms with van der Waals surface area (Å²) in [5.74, 6) is -4.67. The van der Waals surface area contributed by atoms with Crippen LogP contribution in [0.5, 0.6) is 0 Å². The van der Waals surface area contributed by atoms with E-state index in [-0.39, 0.29) is 30.7 Å². The van der Waals surface area contributed by atoms with Crippen LogP contribution in [0.1, 0.15) is 65.2 Å². The van der Waals surface area contributed by atoms with Gasteiger partial charge in [-0.1, -0.05) is 13.8 Å². The summed E-state index contributed by atoms with van der Waals surface area (Å²) in [5.41, 5.74) is 5.55. The molecule has 1 fully saturated rings. The van der Waals surface area contributed by atoms with Crippen LogP contribution in [0.2, 0.25) is 0 Å². The maximum atomic E-state index is 13.4. The minimum Gasteiger partial charge on any atom is -0.481 e. The van der Waals surface area contributed by atoms with Gasteiger partial charge in [-0.25, -0.2) is 4.79 Å². The third-order valence-electron chi connectivity index (χ3n) is 6.53. The van der Waals surface area contributed by atoms with Gasteiger partial charge in [-0.3, -0.25) is 24.0 Å². The van der Waals surface area contributed by atoms with Gasteiger partial charge in [0.05, 0.1) is 12.5 Å². The number of carboxylic acids is 2. The average Bonchev–Trinajstić information content (AvgIpc) is 3.44. The van der Waals surface area contributed by atoms with Gasteiger partial charge in [0.25, 0.3) is 0 Å². The molecule has 0 aromatic heterocycles. The summed E-state index contributed by atoms with van der Waals surface area (Å²) in [6.45, 7) is 4.78. The van der Waals surface area contributed by atoms with Gasteiger partial charge < -0.3 is 42.5 Å². The number of hydrogen-bond acceptors (Lipinski definition) is 9. The Morgan fingerprint density at radius 2 is 1.46 bits per heavy atom. The van der Waals surface area contributed by atoms with Crippen LogP contribution < -0.4 is 32.3 Å². The van der Waals surface area contributed by atoms with Crippen LogP contribution in [0.3, 0.4) is 0 Å². The smallest absolute Gasteiger partial charge is 0.326 e. The van der Waals surface area contributed by atoms with E-state index in [1.54, 1.807) is 0 Å². The van der Waals surface area contributed by atoms with Crippen molar-refractivity contribution < 1.29 is 39.0 Å². The van der Waals surface area contributed by atoms with E-state index in [0.717, 1.165) is 13.0 Å². The average molecular weight is 603 g/mol. The Bertz CT molecular complexity index is 899. The molecule has 0 bridgehead atoms. The van der Waals surface area contributed by atoms with E-state index in [1.165, 1.54) is 11.8 Å². The molecule has 0 aliphatic carbocycles. The molecule has 0 spiro atoms. The number of carbonyl (C=O) groups excluding carboxylic acids is 4. The molecule has 41 heavy (non-hydrogen) atoms. The highest BCUT2D eigenvalue weighted by Gasteiger charge is 2.33. The Kier molecular flexibility index (Phi) is 17.0. The molecule has 1 heterocycles. The number of nitrogens with two attached hydrogens (primary N) is 1. The number of amides is 4. The molecule has 234 valence electrons. The second kappa shape index (κ2) is 19.3. The standard InChI is InChI=1S/C26H46N6O8S/c1-15(2)13-19(31-24(37)18(9-12-41-3)30-22(35)16-8-6-11-28-16)25(38)29-17(7-4-5-10-27)23(36)32-20(26(39)40)14-21(33)34/h15-20,28H,4-14,27H2,1-3H3,(H,29,38)(H,30,35)(H,31,37)(H,32,36)(H,33,34)(H,39,40)/t16-,17-,18-,19-,20-/m0/s1. The SMILES string of the molecule is CSCC[C@H](NC(=O)[C@@H]1CCCN1)C(=O)N[C@@H](CC(C)C)C(=O)N[C@@H](CCCCN)C(=O)N[C@@H](CC(=O)O)C(=O)O. The van der Waals surface area contributed by atoms with Gasteiger partial charge in [-0.15, -0.1) is 0 Å². The van der Waals surface area contributed by atoms with Gasteiger partial charge in [-0.05, 0) is 76.0 Å². The molecule has 15 heteroatoms. The number of hydrogen-bond donors (Lipinski definition) is 8. The third kappa shape index (κ3) is 14.0. The maximum Gasteiger partial charge on any atom is 0.326 e. The fraction of sp³-hybridized carbons (Fsp3) is 0.769. The lowest BCUT2D eigenvalue weighted by Gasteiger charge is -2.27. The highest BCUT2D eigenvalue weighted by atomic mass is 32.2. The van der Waals surface area contributed by atoms with Crippen molar-refractivity contribution in [3.05, 3.63) is 0 Å². The highest BCUT2D eigenvalue weighted by Crippen LogP contribution is 2.11. The minimum atomic E-state index is -1.68. The summed E-state index contributed by atoms with van der Waals surface area (Å²) >= 11 is 1.52. The van der Waals surface area contributed by atoms with E-state index in [1.807, 2.05) is 20.1 Å². The first-order chi connectivity index (χ1) is 19.4. The number of unbranched alkanes of at least 4 members (excludes halogenated alkanes) is 1. The van der Waals surface area contributed by atoms with Gasteiger partial charge in [0, 0.05) is 0 Å². The van der Waals surface area contributed by atoms with E-state index < -0.39 is 60.2 Å². The molecule has 0 unspecified atom stereocenters. The molecule has 0 radical (unpaired) electrons. The molecule has 5 atom stereocenters. The number of nitrogens with one attached hydrogen (secondary N) is 5. The van der Waals surface area contributed by atoms with Crippen molar-refractivity contribution in [2.45, 2.75) is 95.4 Å². The van der Waals surface area contributed by atoms with E-state index in [0.29, 0.717) is 38.0 Å². The first-order valence-corrected chi connectivity index (χ1v) is 15.4. The summed E-state index contributed by atoms with van der Waals surface area (Å²) < 4.78 is 0. The molecule has 0 aromatic rings. The Labute approximate surface area is 245 Å². The van der Waals surface area contributed by atoms with Gasteiger partial charge in [0.15, 0.2) is 0 Å². The summed E-state index contributed by atoms with van der Waals surface area (Å²) in [4.78, 5) is 74.8. The number of thioether (sulfide) groups is 1. The van der Waals surface area contributed by atoms with Crippen LogP contribution in [0, 0.1) is 5.92 Å². The van der Waals surface area contributed by atoms with Crippen molar-refractivity contribution in [2.75, 3.05) is 25.1 Å². The highest BCUT2D eigenvalue weighted by molar-refractivity contribution is 7.98. The zero-order valence-electron chi connectivity index (χ0n) is 24.1. The molecule has 9 N–H and O–H groups in total. The summed E-state index contributed by atoms with van der Waals surface area (Å²) in [5, 5.41) is 31.7. The van der Waals surface area contributed by atoms with Crippen LogP contribution in [0.15, 0.2) is 0 Å². The van der Waals surface area contributed by atoms with Gasteiger partial charge in [-0.2, -0.15) is 11.8 Å². The lowest BCUT2D eigenvalue weighted by Crippen LogP contribution is -2.58. The molecule has 1 aliphatic rings. The fourth-order valence-electron chi connectivity index (χ4n) is 4.34. The second-order valence-electron chi connectivity index (χ2n) is 10.5. The lowest BCUT2D eigenvalue weighted by atomic mass is 10.0. The second-order valence-corrected chi connectivity index (χ2v) is 11.5. The van der Waals surface area contributed by atoms with Crippen molar-refractivity contribution in [1.82, 2.24) is 26.6 Å². The zero-order valence-corrected chi connectivity index (χ0v) is 24.9. The quantitative estimate of drug-likeness (QED) is 0.0801. The van der Waals surface area contributed by atoms with Gasteiger partial charge >= 0.3 is 11.9 Å². The molecular weight excluding hydrogens is 556 g/mol. The van der Waals surface area contributed by atoms with E-state index >= 15 is 0 Å². The predicted octanol–water partition coefficient (Wildman–Crippen LogP) is -0.835. The summed E-state index contributed by atoms with van der Waals surface area (Å²) in [6.07, 6.45) is 4.26. The molecule has 1 aliphatic heterocycles. The molecule has 1 rings (SSSR count). The van der Waals surface area contributed by atoms with Crippen molar-refractivity contribution in [2.24, 2.45) is 11.7 Å². The first-order valence-electron chi connectivity index (χ1n) is 14.0. The Balaban J connectivity index is 3.06. The van der Waals surface area contributed by atoms with Crippen molar-refractivity contribution in [1.29, 1.82) is 0 Å². The van der Waals surface area contributed by atoms with Crippen molar-refractivity contribution in [3.63, 3.8) is 0 Å². The van der Waals surface area contributed by atoms with E-state index in [9.17, 15) is 33.9 Å². The largest absolute Gasteiger partial charge is 0.481 e. The van der Waals surface area contributed by atoms with E-state index in [2.05, 4.69) is 26.6 Å². The molecule has 14 nitrogen and oxygen atoms in total. The van der Waals surface area contributed by atoms with Crippen LogP contribution >= 0.6 is 11.8 Å². The van der Waals surface area contributed by atoms with Crippen molar-refractivity contribution in [3.8, 4) is 0 Å². The number of carbonyl (C=O) groups is 6. The Morgan fingerprint density at radius 1 is 0.878 bits per heavy atom. The van der Waals surface area contributed by atoms with E-state index in [4.69, 9.17) is 10.8 Å². The minimum absolute atomic E-state index is 0.0237. The Morgan fingerprint density at radius 3 is 1.98 bits per heavy atom.